The summed E-state index contributed by atoms with van der Waals surface area (Å²) in [6.45, 7) is 0.444. The fourth-order valence-corrected chi connectivity index (χ4v) is 2.08. The van der Waals surface area contributed by atoms with E-state index in [0.717, 1.165) is 10.2 Å². The topological polar surface area (TPSA) is 41.1 Å². The lowest BCUT2D eigenvalue weighted by molar-refractivity contribution is -0.115. The fraction of sp³-hybridized carbons (Fsp3) is 0.133. The Morgan fingerprint density at radius 2 is 1.95 bits per heavy atom. The molecule has 0 unspecified atom stereocenters. The summed E-state index contributed by atoms with van der Waals surface area (Å²) in [5.74, 6) is -0.395. The number of rotatable bonds is 5. The largest absolute Gasteiger partial charge is 0.384 e. The van der Waals surface area contributed by atoms with Crippen LogP contribution in [-0.2, 0) is 4.79 Å². The Hall–Kier alpha value is -1.88. The third-order valence-electron chi connectivity index (χ3n) is 2.65. The minimum Gasteiger partial charge on any atom is -0.384 e. The number of anilines is 2. The molecule has 20 heavy (non-hydrogen) atoms. The summed E-state index contributed by atoms with van der Waals surface area (Å²) < 4.78 is 13.8. The summed E-state index contributed by atoms with van der Waals surface area (Å²) >= 11 is 3.37. The molecule has 0 aliphatic rings. The molecule has 0 spiro atoms. The number of halogens is 2. The van der Waals surface area contributed by atoms with E-state index in [2.05, 4.69) is 26.6 Å². The van der Waals surface area contributed by atoms with Crippen LogP contribution in [0.4, 0.5) is 15.8 Å². The molecule has 0 atom stereocenters. The van der Waals surface area contributed by atoms with E-state index in [0.29, 0.717) is 18.7 Å². The molecule has 0 aliphatic heterocycles. The van der Waals surface area contributed by atoms with Gasteiger partial charge in [0, 0.05) is 23.1 Å². The minimum atomic E-state index is -0.298. The Kier molecular flexibility index (Phi) is 5.12. The first-order valence-corrected chi connectivity index (χ1v) is 6.98. The Labute approximate surface area is 125 Å². The second kappa shape index (κ2) is 7.05. The highest BCUT2D eigenvalue weighted by atomic mass is 79.9. The van der Waals surface area contributed by atoms with Crippen LogP contribution in [0, 0.1) is 5.82 Å². The minimum absolute atomic E-state index is 0.0965. The maximum absolute atomic E-state index is 13.0. The lowest BCUT2D eigenvalue weighted by atomic mass is 10.3. The van der Waals surface area contributed by atoms with E-state index in [4.69, 9.17) is 0 Å². The molecule has 2 aromatic rings. The van der Waals surface area contributed by atoms with E-state index in [1.54, 1.807) is 12.1 Å². The standard InChI is InChI=1S/C15H14BrFN2O/c16-13-6-1-2-7-14(13)19-15(20)8-9-18-12-5-3-4-11(17)10-12/h1-7,10,18H,8-9H2,(H,19,20). The maximum atomic E-state index is 13.0. The normalized spacial score (nSPS) is 10.1. The first-order valence-electron chi connectivity index (χ1n) is 6.19. The predicted octanol–water partition coefficient (Wildman–Crippen LogP) is 4.03. The van der Waals surface area contributed by atoms with Gasteiger partial charge in [-0.25, -0.2) is 4.39 Å². The molecular formula is C15H14BrFN2O. The van der Waals surface area contributed by atoms with Crippen LogP contribution in [0.2, 0.25) is 0 Å². The van der Waals surface area contributed by atoms with Crippen LogP contribution in [0.15, 0.2) is 53.0 Å². The summed E-state index contributed by atoms with van der Waals surface area (Å²) in [7, 11) is 0. The second-order valence-corrected chi connectivity index (χ2v) is 5.07. The molecule has 104 valence electrons. The number of hydrogen-bond donors (Lipinski definition) is 2. The van der Waals surface area contributed by atoms with Crippen LogP contribution in [0.3, 0.4) is 0 Å². The van der Waals surface area contributed by atoms with E-state index in [1.165, 1.54) is 12.1 Å². The number of nitrogens with one attached hydrogen (secondary N) is 2. The van der Waals surface area contributed by atoms with Gasteiger partial charge in [0.1, 0.15) is 5.82 Å². The Morgan fingerprint density at radius 1 is 1.15 bits per heavy atom. The van der Waals surface area contributed by atoms with Crippen LogP contribution in [-0.4, -0.2) is 12.5 Å². The van der Waals surface area contributed by atoms with Crippen molar-refractivity contribution in [3.63, 3.8) is 0 Å². The van der Waals surface area contributed by atoms with Gasteiger partial charge in [-0.1, -0.05) is 18.2 Å². The van der Waals surface area contributed by atoms with Gasteiger partial charge in [0.05, 0.1) is 5.69 Å². The summed E-state index contributed by atoms with van der Waals surface area (Å²) in [5, 5.41) is 5.81. The SMILES string of the molecule is O=C(CCNc1cccc(F)c1)Nc1ccccc1Br. The molecule has 0 radical (unpaired) electrons. The summed E-state index contributed by atoms with van der Waals surface area (Å²) in [5.41, 5.74) is 1.40. The van der Waals surface area contributed by atoms with Gasteiger partial charge in [0.2, 0.25) is 5.91 Å². The number of para-hydroxylation sites is 1. The van der Waals surface area contributed by atoms with Crippen LogP contribution >= 0.6 is 15.9 Å². The molecule has 2 rings (SSSR count). The molecule has 5 heteroatoms. The van der Waals surface area contributed by atoms with Crippen LogP contribution in [0.5, 0.6) is 0 Å². The van der Waals surface area contributed by atoms with Crippen molar-refractivity contribution in [2.45, 2.75) is 6.42 Å². The van der Waals surface area contributed by atoms with Gasteiger partial charge in [-0.3, -0.25) is 4.79 Å². The highest BCUT2D eigenvalue weighted by Gasteiger charge is 2.04. The smallest absolute Gasteiger partial charge is 0.226 e. The quantitative estimate of drug-likeness (QED) is 0.865. The summed E-state index contributed by atoms with van der Waals surface area (Å²) in [4.78, 5) is 11.8. The van der Waals surface area contributed by atoms with Crippen molar-refractivity contribution < 1.29 is 9.18 Å². The number of carbonyl (C=O) groups is 1. The zero-order valence-electron chi connectivity index (χ0n) is 10.7. The predicted molar refractivity (Wildman–Crippen MR) is 82.3 cm³/mol. The van der Waals surface area contributed by atoms with Gasteiger partial charge in [0.25, 0.3) is 0 Å². The molecule has 0 aliphatic carbocycles. The van der Waals surface area contributed by atoms with Crippen molar-refractivity contribution >= 4 is 33.2 Å². The highest BCUT2D eigenvalue weighted by Crippen LogP contribution is 2.21. The van der Waals surface area contributed by atoms with E-state index >= 15 is 0 Å². The van der Waals surface area contributed by atoms with Crippen molar-refractivity contribution in [3.8, 4) is 0 Å². The molecular weight excluding hydrogens is 323 g/mol. The van der Waals surface area contributed by atoms with Gasteiger partial charge in [-0.15, -0.1) is 0 Å². The monoisotopic (exact) mass is 336 g/mol. The molecule has 2 aromatic carbocycles. The van der Waals surface area contributed by atoms with Gasteiger partial charge in [0.15, 0.2) is 0 Å². The lowest BCUT2D eigenvalue weighted by Crippen LogP contribution is -2.16. The van der Waals surface area contributed by atoms with Crippen LogP contribution in [0.1, 0.15) is 6.42 Å². The van der Waals surface area contributed by atoms with Crippen LogP contribution in [0.25, 0.3) is 0 Å². The number of amides is 1. The highest BCUT2D eigenvalue weighted by molar-refractivity contribution is 9.10. The Balaban J connectivity index is 1.80. The number of carbonyl (C=O) groups excluding carboxylic acids is 1. The van der Waals surface area contributed by atoms with Gasteiger partial charge in [-0.05, 0) is 46.3 Å². The average molecular weight is 337 g/mol. The first-order chi connectivity index (χ1) is 9.65. The molecule has 2 N–H and O–H groups in total. The zero-order chi connectivity index (χ0) is 14.4. The number of hydrogen-bond acceptors (Lipinski definition) is 2. The summed E-state index contributed by atoms with van der Waals surface area (Å²) in [6, 6.07) is 13.6. The van der Waals surface area contributed by atoms with Crippen molar-refractivity contribution in [1.82, 2.24) is 0 Å². The third kappa shape index (κ3) is 4.35. The molecule has 0 aromatic heterocycles. The molecule has 0 saturated heterocycles. The lowest BCUT2D eigenvalue weighted by Gasteiger charge is -2.08. The Morgan fingerprint density at radius 3 is 2.70 bits per heavy atom. The zero-order valence-corrected chi connectivity index (χ0v) is 12.3. The van der Waals surface area contributed by atoms with E-state index in [1.807, 2.05) is 24.3 Å². The Bertz CT molecular complexity index is 604. The fourth-order valence-electron chi connectivity index (χ4n) is 1.69. The number of benzene rings is 2. The molecule has 0 heterocycles. The molecule has 0 bridgehead atoms. The van der Waals surface area contributed by atoms with E-state index < -0.39 is 0 Å². The maximum Gasteiger partial charge on any atom is 0.226 e. The van der Waals surface area contributed by atoms with Crippen LogP contribution < -0.4 is 10.6 Å². The third-order valence-corrected chi connectivity index (χ3v) is 3.35. The summed E-state index contributed by atoms with van der Waals surface area (Å²) in [6.07, 6.45) is 0.303. The van der Waals surface area contributed by atoms with E-state index in [9.17, 15) is 9.18 Å². The van der Waals surface area contributed by atoms with Gasteiger partial charge in [-0.2, -0.15) is 0 Å². The molecule has 3 nitrogen and oxygen atoms in total. The van der Waals surface area contributed by atoms with Crippen molar-refractivity contribution in [1.29, 1.82) is 0 Å². The average Bonchev–Trinajstić information content (AvgIpc) is 2.41. The van der Waals surface area contributed by atoms with Gasteiger partial charge < -0.3 is 10.6 Å². The second-order valence-electron chi connectivity index (χ2n) is 4.22. The van der Waals surface area contributed by atoms with Crippen molar-refractivity contribution in [2.24, 2.45) is 0 Å². The van der Waals surface area contributed by atoms with Gasteiger partial charge >= 0.3 is 0 Å². The van der Waals surface area contributed by atoms with Crippen molar-refractivity contribution in [2.75, 3.05) is 17.2 Å². The van der Waals surface area contributed by atoms with E-state index in [-0.39, 0.29) is 11.7 Å². The molecule has 0 saturated carbocycles. The molecule has 1 amide bonds. The van der Waals surface area contributed by atoms with Crippen molar-refractivity contribution in [3.05, 3.63) is 58.8 Å². The molecule has 0 fully saturated rings. The first kappa shape index (κ1) is 14.5.